The number of pyridine rings is 1. The first-order valence-corrected chi connectivity index (χ1v) is 7.33. The summed E-state index contributed by atoms with van der Waals surface area (Å²) in [5.74, 6) is 1.67. The molecule has 3 saturated carbocycles. The molecule has 0 atom stereocenters. The molecule has 1 heterocycles. The summed E-state index contributed by atoms with van der Waals surface area (Å²) in [6.45, 7) is 0. The molecule has 1 amide bonds. The Morgan fingerprint density at radius 3 is 2.47 bits per heavy atom. The third kappa shape index (κ3) is 1.86. The number of amides is 1. The van der Waals surface area contributed by atoms with E-state index in [0.717, 1.165) is 16.2 Å². The lowest BCUT2D eigenvalue weighted by molar-refractivity contribution is -0.114. The molecule has 0 aromatic carbocycles. The summed E-state index contributed by atoms with van der Waals surface area (Å²) in [6, 6.07) is 1.87. The Labute approximate surface area is 121 Å². The van der Waals surface area contributed by atoms with Gasteiger partial charge in [0.15, 0.2) is 0 Å². The van der Waals surface area contributed by atoms with Gasteiger partial charge in [-0.1, -0.05) is 0 Å². The maximum atomic E-state index is 12.7. The van der Waals surface area contributed by atoms with E-state index in [2.05, 4.69) is 20.9 Å². The van der Waals surface area contributed by atoms with E-state index in [0.29, 0.717) is 5.56 Å². The number of aromatic nitrogens is 1. The third-order valence-corrected chi connectivity index (χ3v) is 4.94. The zero-order chi connectivity index (χ0) is 13.8. The predicted octanol–water partition coefficient (Wildman–Crippen LogP) is 2.53. The first-order valence-electron chi connectivity index (χ1n) is 6.54. The lowest BCUT2D eigenvalue weighted by Crippen LogP contribution is -2.68. The first-order chi connectivity index (χ1) is 8.93. The van der Waals surface area contributed by atoms with Crippen LogP contribution in [0.2, 0.25) is 0 Å². The zero-order valence-electron chi connectivity index (χ0n) is 11.5. The van der Waals surface area contributed by atoms with Crippen molar-refractivity contribution in [3.8, 4) is 0 Å². The molecule has 4 rings (SSSR count). The molecule has 0 spiro atoms. The summed E-state index contributed by atoms with van der Waals surface area (Å²) in [5.41, 5.74) is 0.819. The average molecular weight is 324 g/mol. The number of hydrogen-bond acceptors (Lipinski definition) is 3. The van der Waals surface area contributed by atoms with Crippen molar-refractivity contribution in [3.05, 3.63) is 22.3 Å². The highest BCUT2D eigenvalue weighted by Crippen LogP contribution is 2.60. The van der Waals surface area contributed by atoms with Gasteiger partial charge in [0.25, 0.3) is 5.91 Å². The molecule has 102 valence electrons. The van der Waals surface area contributed by atoms with Crippen molar-refractivity contribution in [2.75, 3.05) is 26.0 Å². The molecular formula is C14H18BrN3O. The zero-order valence-corrected chi connectivity index (χ0v) is 13.1. The summed E-state index contributed by atoms with van der Waals surface area (Å²) in [7, 11) is 5.75. The number of rotatable bonds is 3. The van der Waals surface area contributed by atoms with Crippen LogP contribution in [0.5, 0.6) is 0 Å². The monoisotopic (exact) mass is 323 g/mol. The van der Waals surface area contributed by atoms with Gasteiger partial charge in [-0.15, -0.1) is 0 Å². The van der Waals surface area contributed by atoms with E-state index in [1.807, 2.05) is 37.0 Å². The summed E-state index contributed by atoms with van der Waals surface area (Å²) < 4.78 is 0.840. The summed E-state index contributed by atoms with van der Waals surface area (Å²) in [6.07, 6.45) is 5.25. The van der Waals surface area contributed by atoms with E-state index in [1.165, 1.54) is 19.3 Å². The lowest BCUT2D eigenvalue weighted by atomic mass is 9.49. The molecule has 0 aliphatic heterocycles. The number of halogens is 1. The maximum Gasteiger partial charge on any atom is 0.257 e. The number of anilines is 1. The van der Waals surface area contributed by atoms with Crippen LogP contribution in [0.1, 0.15) is 29.6 Å². The van der Waals surface area contributed by atoms with Crippen LogP contribution in [0.4, 0.5) is 5.82 Å². The van der Waals surface area contributed by atoms with Gasteiger partial charge >= 0.3 is 0 Å². The van der Waals surface area contributed by atoms with Gasteiger partial charge in [-0.05, 0) is 47.2 Å². The van der Waals surface area contributed by atoms with Gasteiger partial charge in [-0.2, -0.15) is 0 Å². The van der Waals surface area contributed by atoms with Crippen LogP contribution in [0.15, 0.2) is 16.7 Å². The van der Waals surface area contributed by atoms with Crippen LogP contribution in [-0.2, 0) is 0 Å². The van der Waals surface area contributed by atoms with Crippen molar-refractivity contribution in [2.24, 2.45) is 5.92 Å². The Kier molecular flexibility index (Phi) is 2.85. The molecule has 3 aliphatic carbocycles. The van der Waals surface area contributed by atoms with Gasteiger partial charge in [0.05, 0.1) is 5.56 Å². The second-order valence-corrected chi connectivity index (χ2v) is 6.90. The first kappa shape index (κ1) is 12.9. The largest absolute Gasteiger partial charge is 0.362 e. The fourth-order valence-electron chi connectivity index (χ4n) is 3.19. The molecular weight excluding hydrogens is 306 g/mol. The van der Waals surface area contributed by atoms with Gasteiger partial charge < -0.3 is 9.80 Å². The second kappa shape index (κ2) is 4.20. The number of carbonyl (C=O) groups is 1. The predicted molar refractivity (Wildman–Crippen MR) is 78.4 cm³/mol. The van der Waals surface area contributed by atoms with E-state index in [-0.39, 0.29) is 11.4 Å². The van der Waals surface area contributed by atoms with Gasteiger partial charge in [0.2, 0.25) is 0 Å². The SMILES string of the molecule is CN(C)c1ncc(Br)cc1C(=O)N(C)C12CC(C1)C2. The second-order valence-electron chi connectivity index (χ2n) is 5.99. The van der Waals surface area contributed by atoms with E-state index in [4.69, 9.17) is 0 Å². The van der Waals surface area contributed by atoms with E-state index in [1.54, 1.807) is 6.20 Å². The third-order valence-electron chi connectivity index (χ3n) is 4.51. The Morgan fingerprint density at radius 1 is 1.37 bits per heavy atom. The van der Waals surface area contributed by atoms with Crippen LogP contribution in [-0.4, -0.2) is 42.5 Å². The number of carbonyl (C=O) groups excluding carboxylic acids is 1. The standard InChI is InChI=1S/C14H18BrN3O/c1-17(2)12-11(4-10(15)8-16-12)13(19)18(3)14-5-9(6-14)7-14/h4,8-9H,5-7H2,1-3H3. The van der Waals surface area contributed by atoms with Crippen molar-refractivity contribution in [1.82, 2.24) is 9.88 Å². The van der Waals surface area contributed by atoms with Crippen molar-refractivity contribution in [2.45, 2.75) is 24.8 Å². The minimum absolute atomic E-state index is 0.0793. The van der Waals surface area contributed by atoms with Crippen molar-refractivity contribution in [3.63, 3.8) is 0 Å². The highest BCUT2D eigenvalue weighted by atomic mass is 79.9. The van der Waals surface area contributed by atoms with Gasteiger partial charge in [0.1, 0.15) is 5.82 Å². The fourth-order valence-corrected chi connectivity index (χ4v) is 3.52. The molecule has 3 aliphatic rings. The Morgan fingerprint density at radius 2 is 2.00 bits per heavy atom. The van der Waals surface area contributed by atoms with Gasteiger partial charge in [-0.25, -0.2) is 4.98 Å². The average Bonchev–Trinajstić information content (AvgIpc) is 2.23. The maximum absolute atomic E-state index is 12.7. The van der Waals surface area contributed by atoms with Crippen molar-refractivity contribution < 1.29 is 4.79 Å². The van der Waals surface area contributed by atoms with Crippen LogP contribution < -0.4 is 4.90 Å². The quantitative estimate of drug-likeness (QED) is 0.857. The van der Waals surface area contributed by atoms with Crippen LogP contribution >= 0.6 is 15.9 Å². The molecule has 1 aromatic heterocycles. The molecule has 0 radical (unpaired) electrons. The van der Waals surface area contributed by atoms with E-state index in [9.17, 15) is 4.79 Å². The van der Waals surface area contributed by atoms with Gasteiger partial charge in [-0.3, -0.25) is 4.79 Å². The molecule has 19 heavy (non-hydrogen) atoms. The Balaban J connectivity index is 1.92. The summed E-state index contributed by atoms with van der Waals surface area (Å²) in [4.78, 5) is 20.9. The Bertz CT molecular complexity index is 526. The van der Waals surface area contributed by atoms with Gasteiger partial charge in [0, 0.05) is 37.4 Å². The molecule has 2 bridgehead atoms. The molecule has 5 heteroatoms. The molecule has 1 aromatic rings. The smallest absolute Gasteiger partial charge is 0.257 e. The minimum atomic E-state index is 0.0793. The highest BCUT2D eigenvalue weighted by molar-refractivity contribution is 9.10. The normalized spacial score (nSPS) is 27.3. The molecule has 0 unspecified atom stereocenters. The van der Waals surface area contributed by atoms with E-state index >= 15 is 0 Å². The highest BCUT2D eigenvalue weighted by Gasteiger charge is 2.60. The summed E-state index contributed by atoms with van der Waals surface area (Å²) >= 11 is 3.40. The fraction of sp³-hybridized carbons (Fsp3) is 0.571. The minimum Gasteiger partial charge on any atom is -0.362 e. The van der Waals surface area contributed by atoms with Crippen LogP contribution in [0, 0.1) is 5.92 Å². The van der Waals surface area contributed by atoms with Crippen molar-refractivity contribution in [1.29, 1.82) is 0 Å². The topological polar surface area (TPSA) is 36.4 Å². The van der Waals surface area contributed by atoms with Crippen molar-refractivity contribution >= 4 is 27.7 Å². The lowest BCUT2D eigenvalue weighted by Gasteiger charge is -2.65. The molecule has 0 N–H and O–H groups in total. The molecule has 4 nitrogen and oxygen atoms in total. The summed E-state index contributed by atoms with van der Waals surface area (Å²) in [5, 5.41) is 0. The molecule has 3 fully saturated rings. The Hall–Kier alpha value is -1.10. The van der Waals surface area contributed by atoms with Crippen LogP contribution in [0.3, 0.4) is 0 Å². The van der Waals surface area contributed by atoms with E-state index < -0.39 is 0 Å². The number of nitrogens with zero attached hydrogens (tertiary/aromatic N) is 3. The number of hydrogen-bond donors (Lipinski definition) is 0. The van der Waals surface area contributed by atoms with Crippen LogP contribution in [0.25, 0.3) is 0 Å². The molecule has 0 saturated heterocycles.